The molecule has 0 rings (SSSR count). The van der Waals surface area contributed by atoms with E-state index in [4.69, 9.17) is 14.7 Å². The third kappa shape index (κ3) is 9.11. The zero-order valence-corrected chi connectivity index (χ0v) is 11.8. The first kappa shape index (κ1) is 16.4. The average Bonchev–Trinajstić information content (AvgIpc) is 2.22. The smallest absolute Gasteiger partial charge is 0.106 e. The first-order valence-electron chi connectivity index (χ1n) is 6.21. The SMILES string of the molecule is CCNC(C)(C#N)CCOCCOC(C)(C)C. The van der Waals surface area contributed by atoms with Gasteiger partial charge in [0, 0.05) is 13.0 Å². The van der Waals surface area contributed by atoms with E-state index in [-0.39, 0.29) is 5.60 Å². The minimum atomic E-state index is -0.486. The molecule has 0 aliphatic heterocycles. The van der Waals surface area contributed by atoms with Gasteiger partial charge < -0.3 is 9.47 Å². The van der Waals surface area contributed by atoms with E-state index in [0.717, 1.165) is 6.54 Å². The number of hydrogen-bond acceptors (Lipinski definition) is 4. The molecule has 0 aromatic carbocycles. The first-order chi connectivity index (χ1) is 7.83. The molecule has 1 N–H and O–H groups in total. The molecule has 1 atom stereocenters. The van der Waals surface area contributed by atoms with Gasteiger partial charge in [-0.3, -0.25) is 5.32 Å². The summed E-state index contributed by atoms with van der Waals surface area (Å²) >= 11 is 0. The highest BCUT2D eigenvalue weighted by Gasteiger charge is 2.21. The Balaban J connectivity index is 3.61. The molecule has 0 aliphatic rings. The van der Waals surface area contributed by atoms with E-state index in [9.17, 15) is 0 Å². The van der Waals surface area contributed by atoms with Crippen molar-refractivity contribution in [3.8, 4) is 6.07 Å². The largest absolute Gasteiger partial charge is 0.379 e. The second-order valence-electron chi connectivity index (χ2n) is 5.30. The van der Waals surface area contributed by atoms with E-state index in [2.05, 4.69) is 11.4 Å². The fourth-order valence-corrected chi connectivity index (χ4v) is 1.36. The lowest BCUT2D eigenvalue weighted by atomic mass is 10.0. The van der Waals surface area contributed by atoms with Crippen molar-refractivity contribution < 1.29 is 9.47 Å². The van der Waals surface area contributed by atoms with Gasteiger partial charge in [0.2, 0.25) is 0 Å². The van der Waals surface area contributed by atoms with Crippen LogP contribution in [0.15, 0.2) is 0 Å². The number of ether oxygens (including phenoxy) is 2. The topological polar surface area (TPSA) is 54.3 Å². The summed E-state index contributed by atoms with van der Waals surface area (Å²) in [4.78, 5) is 0. The van der Waals surface area contributed by atoms with E-state index < -0.39 is 5.54 Å². The van der Waals surface area contributed by atoms with Gasteiger partial charge in [-0.2, -0.15) is 5.26 Å². The third-order valence-corrected chi connectivity index (χ3v) is 2.32. The van der Waals surface area contributed by atoms with Crippen LogP contribution in [-0.2, 0) is 9.47 Å². The highest BCUT2D eigenvalue weighted by Crippen LogP contribution is 2.08. The summed E-state index contributed by atoms with van der Waals surface area (Å²) < 4.78 is 11.0. The fourth-order valence-electron chi connectivity index (χ4n) is 1.36. The minimum absolute atomic E-state index is 0.117. The molecular weight excluding hydrogens is 216 g/mol. The maximum Gasteiger partial charge on any atom is 0.106 e. The molecule has 0 heterocycles. The Labute approximate surface area is 105 Å². The molecule has 0 aromatic rings. The molecule has 0 amide bonds. The summed E-state index contributed by atoms with van der Waals surface area (Å²) in [6.07, 6.45) is 0.687. The van der Waals surface area contributed by atoms with Crippen molar-refractivity contribution in [3.05, 3.63) is 0 Å². The molecule has 4 heteroatoms. The van der Waals surface area contributed by atoms with Crippen molar-refractivity contribution in [3.63, 3.8) is 0 Å². The zero-order valence-electron chi connectivity index (χ0n) is 11.8. The van der Waals surface area contributed by atoms with Crippen LogP contribution in [0.4, 0.5) is 0 Å². The van der Waals surface area contributed by atoms with Gasteiger partial charge in [-0.25, -0.2) is 0 Å². The predicted molar refractivity (Wildman–Crippen MR) is 68.8 cm³/mol. The zero-order chi connectivity index (χ0) is 13.4. The third-order valence-electron chi connectivity index (χ3n) is 2.32. The van der Waals surface area contributed by atoms with Crippen LogP contribution in [0.5, 0.6) is 0 Å². The second kappa shape index (κ2) is 7.65. The molecule has 0 aromatic heterocycles. The standard InChI is InChI=1S/C13H26N2O2/c1-6-15-13(5,11-14)7-8-16-9-10-17-12(2,3)4/h15H,6-10H2,1-5H3. The van der Waals surface area contributed by atoms with E-state index in [0.29, 0.717) is 26.2 Å². The van der Waals surface area contributed by atoms with Crippen LogP contribution in [0.3, 0.4) is 0 Å². The van der Waals surface area contributed by atoms with Crippen molar-refractivity contribution in [1.29, 1.82) is 5.26 Å². The molecule has 0 spiro atoms. The van der Waals surface area contributed by atoms with Crippen molar-refractivity contribution in [2.24, 2.45) is 0 Å². The van der Waals surface area contributed by atoms with Crippen LogP contribution >= 0.6 is 0 Å². The molecule has 17 heavy (non-hydrogen) atoms. The molecule has 0 aliphatic carbocycles. The highest BCUT2D eigenvalue weighted by atomic mass is 16.5. The maximum atomic E-state index is 9.03. The second-order valence-corrected chi connectivity index (χ2v) is 5.30. The Bertz CT molecular complexity index is 243. The number of nitriles is 1. The lowest BCUT2D eigenvalue weighted by Crippen LogP contribution is -2.41. The number of nitrogens with zero attached hydrogens (tertiary/aromatic N) is 1. The van der Waals surface area contributed by atoms with Gasteiger partial charge in [0.05, 0.1) is 24.9 Å². The fraction of sp³-hybridized carbons (Fsp3) is 0.923. The average molecular weight is 242 g/mol. The Morgan fingerprint density at radius 3 is 2.24 bits per heavy atom. The summed E-state index contributed by atoms with van der Waals surface area (Å²) in [5, 5.41) is 12.2. The van der Waals surface area contributed by atoms with E-state index in [1.54, 1.807) is 0 Å². The van der Waals surface area contributed by atoms with E-state index in [1.807, 2.05) is 34.6 Å². The van der Waals surface area contributed by atoms with Gasteiger partial charge in [0.15, 0.2) is 0 Å². The minimum Gasteiger partial charge on any atom is -0.379 e. The molecule has 0 fully saturated rings. The van der Waals surface area contributed by atoms with Crippen LogP contribution in [0.1, 0.15) is 41.0 Å². The quantitative estimate of drug-likeness (QED) is 0.662. The Hall–Kier alpha value is -0.630. The molecule has 0 saturated carbocycles. The number of rotatable bonds is 8. The van der Waals surface area contributed by atoms with Crippen molar-refractivity contribution in [2.75, 3.05) is 26.4 Å². The van der Waals surface area contributed by atoms with Gasteiger partial charge in [-0.1, -0.05) is 6.92 Å². The van der Waals surface area contributed by atoms with Crippen LogP contribution < -0.4 is 5.32 Å². The summed E-state index contributed by atoms with van der Waals surface area (Å²) in [6.45, 7) is 12.5. The molecule has 100 valence electrons. The first-order valence-corrected chi connectivity index (χ1v) is 6.21. The summed E-state index contributed by atoms with van der Waals surface area (Å²) in [5.74, 6) is 0. The van der Waals surface area contributed by atoms with Gasteiger partial charge in [0.25, 0.3) is 0 Å². The molecule has 0 bridgehead atoms. The Morgan fingerprint density at radius 2 is 1.76 bits per heavy atom. The maximum absolute atomic E-state index is 9.03. The van der Waals surface area contributed by atoms with Gasteiger partial charge >= 0.3 is 0 Å². The van der Waals surface area contributed by atoms with Gasteiger partial charge in [-0.05, 0) is 34.2 Å². The predicted octanol–water partition coefficient (Wildman–Crippen LogP) is 2.10. The van der Waals surface area contributed by atoms with Crippen molar-refractivity contribution in [2.45, 2.75) is 52.2 Å². The van der Waals surface area contributed by atoms with Gasteiger partial charge in [0.1, 0.15) is 5.54 Å². The van der Waals surface area contributed by atoms with Crippen molar-refractivity contribution >= 4 is 0 Å². The van der Waals surface area contributed by atoms with E-state index >= 15 is 0 Å². The van der Waals surface area contributed by atoms with Gasteiger partial charge in [-0.15, -0.1) is 0 Å². The Kier molecular flexibility index (Phi) is 7.37. The molecule has 1 unspecified atom stereocenters. The number of hydrogen-bond donors (Lipinski definition) is 1. The molecule has 0 saturated heterocycles. The van der Waals surface area contributed by atoms with E-state index in [1.165, 1.54) is 0 Å². The summed E-state index contributed by atoms with van der Waals surface area (Å²) in [7, 11) is 0. The monoisotopic (exact) mass is 242 g/mol. The van der Waals surface area contributed by atoms with Crippen LogP contribution in [-0.4, -0.2) is 37.5 Å². The lowest BCUT2D eigenvalue weighted by molar-refractivity contribution is -0.0361. The van der Waals surface area contributed by atoms with Crippen molar-refractivity contribution in [1.82, 2.24) is 5.32 Å². The Morgan fingerprint density at radius 1 is 1.12 bits per heavy atom. The normalized spacial score (nSPS) is 15.3. The molecule has 4 nitrogen and oxygen atoms in total. The van der Waals surface area contributed by atoms with Crippen LogP contribution in [0.2, 0.25) is 0 Å². The highest BCUT2D eigenvalue weighted by molar-refractivity contribution is 5.03. The summed E-state index contributed by atoms with van der Waals surface area (Å²) in [5.41, 5.74) is -0.603. The lowest BCUT2D eigenvalue weighted by Gasteiger charge is -2.23. The molecular formula is C13H26N2O2. The van der Waals surface area contributed by atoms with Crippen LogP contribution in [0.25, 0.3) is 0 Å². The number of nitrogens with one attached hydrogen (secondary N) is 1. The molecule has 0 radical (unpaired) electrons. The van der Waals surface area contributed by atoms with Crippen LogP contribution in [0, 0.1) is 11.3 Å². The summed E-state index contributed by atoms with van der Waals surface area (Å²) in [6, 6.07) is 2.27.